The number of carbonyl (C=O) groups excluding carboxylic acids is 2. The smallest absolute Gasteiger partial charge is 0.319 e. The molecule has 3 amide bonds. The normalized spacial score (nSPS) is 11.0. The number of nitrogens with zero attached hydrogens (tertiary/aromatic N) is 2. The van der Waals surface area contributed by atoms with Crippen molar-refractivity contribution in [3.8, 4) is 11.8 Å². The second-order valence-corrected chi connectivity index (χ2v) is 6.02. The van der Waals surface area contributed by atoms with Gasteiger partial charge in [-0.25, -0.2) is 4.79 Å². The van der Waals surface area contributed by atoms with Gasteiger partial charge in [0.25, 0.3) is 5.69 Å². The van der Waals surface area contributed by atoms with Gasteiger partial charge in [-0.1, -0.05) is 12.1 Å². The van der Waals surface area contributed by atoms with Crippen LogP contribution in [0.4, 0.5) is 16.2 Å². The second kappa shape index (κ2) is 10.3. The number of carbonyl (C=O) groups is 2. The van der Waals surface area contributed by atoms with Crippen LogP contribution in [0.1, 0.15) is 12.0 Å². The molecule has 0 spiro atoms. The number of anilines is 1. The first kappa shape index (κ1) is 21.2. The fourth-order valence-corrected chi connectivity index (χ4v) is 2.43. The standard InChI is InChI=1S/C19H19N5O5/c20-10-1-11-21-18(26)17(12-13-2-8-16(25)9-3-13)23-19(27)22-14-4-6-15(7-5-14)24(28)29/h2-9,17,25H,1,11-12H2,(H,21,26)(H2,22,23,27). The van der Waals surface area contributed by atoms with Gasteiger partial charge in [0, 0.05) is 30.8 Å². The minimum atomic E-state index is -0.934. The molecular weight excluding hydrogens is 378 g/mol. The molecule has 1 atom stereocenters. The largest absolute Gasteiger partial charge is 0.508 e. The van der Waals surface area contributed by atoms with Gasteiger partial charge in [-0.05, 0) is 29.8 Å². The molecule has 0 saturated heterocycles. The third-order valence-electron chi connectivity index (χ3n) is 3.87. The van der Waals surface area contributed by atoms with Gasteiger partial charge < -0.3 is 21.1 Å². The number of nitro benzene ring substituents is 1. The summed E-state index contributed by atoms with van der Waals surface area (Å²) in [6.07, 6.45) is 0.291. The van der Waals surface area contributed by atoms with Gasteiger partial charge in [0.2, 0.25) is 5.91 Å². The number of amides is 3. The van der Waals surface area contributed by atoms with Crippen LogP contribution >= 0.6 is 0 Å². The molecule has 0 aliphatic carbocycles. The Kier molecular flexibility index (Phi) is 7.50. The van der Waals surface area contributed by atoms with E-state index < -0.39 is 22.9 Å². The van der Waals surface area contributed by atoms with Crippen molar-refractivity contribution in [3.05, 3.63) is 64.2 Å². The molecule has 1 unspecified atom stereocenters. The molecule has 10 nitrogen and oxygen atoms in total. The van der Waals surface area contributed by atoms with E-state index in [0.717, 1.165) is 0 Å². The van der Waals surface area contributed by atoms with Crippen molar-refractivity contribution in [2.24, 2.45) is 0 Å². The number of benzene rings is 2. The molecule has 0 bridgehead atoms. The van der Waals surface area contributed by atoms with Crippen molar-refractivity contribution < 1.29 is 19.6 Å². The maximum Gasteiger partial charge on any atom is 0.319 e. The van der Waals surface area contributed by atoms with Gasteiger partial charge in [-0.3, -0.25) is 14.9 Å². The summed E-state index contributed by atoms with van der Waals surface area (Å²) in [7, 11) is 0. The fourth-order valence-electron chi connectivity index (χ4n) is 2.43. The zero-order chi connectivity index (χ0) is 21.2. The third kappa shape index (κ3) is 6.84. The highest BCUT2D eigenvalue weighted by Gasteiger charge is 2.21. The minimum absolute atomic E-state index is 0.0765. The molecule has 0 radical (unpaired) electrons. The van der Waals surface area contributed by atoms with Crippen LogP contribution in [0.15, 0.2) is 48.5 Å². The van der Waals surface area contributed by atoms with E-state index in [1.807, 2.05) is 6.07 Å². The molecule has 0 fully saturated rings. The van der Waals surface area contributed by atoms with Crippen molar-refractivity contribution in [3.63, 3.8) is 0 Å². The van der Waals surface area contributed by atoms with Gasteiger partial charge >= 0.3 is 6.03 Å². The summed E-state index contributed by atoms with van der Waals surface area (Å²) >= 11 is 0. The molecule has 29 heavy (non-hydrogen) atoms. The monoisotopic (exact) mass is 397 g/mol. The van der Waals surface area contributed by atoms with E-state index in [-0.39, 0.29) is 30.8 Å². The molecule has 4 N–H and O–H groups in total. The Hall–Kier alpha value is -4.13. The predicted molar refractivity (Wildman–Crippen MR) is 104 cm³/mol. The number of phenolic OH excluding ortho intramolecular Hbond substituents is 1. The average molecular weight is 397 g/mol. The van der Waals surface area contributed by atoms with Crippen molar-refractivity contribution in [1.82, 2.24) is 10.6 Å². The molecule has 2 aromatic carbocycles. The van der Waals surface area contributed by atoms with Crippen molar-refractivity contribution >= 4 is 23.3 Å². The Morgan fingerprint density at radius 2 is 1.79 bits per heavy atom. The third-order valence-corrected chi connectivity index (χ3v) is 3.87. The van der Waals surface area contributed by atoms with Crippen LogP contribution in [0.3, 0.4) is 0 Å². The van der Waals surface area contributed by atoms with E-state index in [0.29, 0.717) is 11.3 Å². The molecular formula is C19H19N5O5. The molecule has 2 rings (SSSR count). The number of rotatable bonds is 8. The number of hydrogen-bond donors (Lipinski definition) is 4. The Labute approximate surface area is 166 Å². The number of nitriles is 1. The number of nitro groups is 1. The topological polar surface area (TPSA) is 157 Å². The van der Waals surface area contributed by atoms with Crippen LogP contribution in [0.25, 0.3) is 0 Å². The highest BCUT2D eigenvalue weighted by Crippen LogP contribution is 2.15. The van der Waals surface area contributed by atoms with Crippen molar-refractivity contribution in [2.45, 2.75) is 18.9 Å². The van der Waals surface area contributed by atoms with Gasteiger partial charge in [0.05, 0.1) is 17.4 Å². The first-order valence-electron chi connectivity index (χ1n) is 8.63. The zero-order valence-electron chi connectivity index (χ0n) is 15.3. The number of phenols is 1. The average Bonchev–Trinajstić information content (AvgIpc) is 2.69. The molecule has 150 valence electrons. The van der Waals surface area contributed by atoms with E-state index in [9.17, 15) is 24.8 Å². The predicted octanol–water partition coefficient (Wildman–Crippen LogP) is 2.06. The van der Waals surface area contributed by atoms with Crippen LogP contribution in [0.5, 0.6) is 5.75 Å². The summed E-state index contributed by atoms with van der Waals surface area (Å²) < 4.78 is 0. The quantitative estimate of drug-likeness (QED) is 0.303. The summed E-state index contributed by atoms with van der Waals surface area (Å²) in [6, 6.07) is 11.7. The summed E-state index contributed by atoms with van der Waals surface area (Å²) in [5.74, 6) is -0.389. The Morgan fingerprint density at radius 3 is 2.38 bits per heavy atom. The van der Waals surface area contributed by atoms with E-state index in [1.165, 1.54) is 36.4 Å². The number of urea groups is 1. The van der Waals surface area contributed by atoms with Crippen LogP contribution < -0.4 is 16.0 Å². The lowest BCUT2D eigenvalue weighted by molar-refractivity contribution is -0.384. The lowest BCUT2D eigenvalue weighted by atomic mass is 10.1. The van der Waals surface area contributed by atoms with Crippen LogP contribution in [-0.4, -0.2) is 34.6 Å². The summed E-state index contributed by atoms with van der Waals surface area (Å²) in [5.41, 5.74) is 0.915. The molecule has 0 aromatic heterocycles. The highest BCUT2D eigenvalue weighted by molar-refractivity contribution is 5.93. The maximum atomic E-state index is 12.4. The first-order valence-corrected chi connectivity index (χ1v) is 8.63. The van der Waals surface area contributed by atoms with E-state index in [2.05, 4.69) is 16.0 Å². The molecule has 0 aliphatic rings. The minimum Gasteiger partial charge on any atom is -0.508 e. The fraction of sp³-hybridized carbons (Fsp3) is 0.211. The lowest BCUT2D eigenvalue weighted by Gasteiger charge is -2.19. The Morgan fingerprint density at radius 1 is 1.14 bits per heavy atom. The summed E-state index contributed by atoms with van der Waals surface area (Å²) in [4.78, 5) is 34.8. The van der Waals surface area contributed by atoms with E-state index >= 15 is 0 Å². The van der Waals surface area contributed by atoms with Gasteiger partial charge in [-0.2, -0.15) is 5.26 Å². The van der Waals surface area contributed by atoms with Crippen LogP contribution in [0.2, 0.25) is 0 Å². The SMILES string of the molecule is N#CCCNC(=O)C(Cc1ccc(O)cc1)NC(=O)Nc1ccc([N+](=O)[O-])cc1. The number of non-ortho nitro benzene ring substituents is 1. The van der Waals surface area contributed by atoms with E-state index in [4.69, 9.17) is 5.26 Å². The molecule has 0 heterocycles. The second-order valence-electron chi connectivity index (χ2n) is 6.02. The zero-order valence-corrected chi connectivity index (χ0v) is 15.3. The van der Waals surface area contributed by atoms with Gasteiger partial charge in [0.15, 0.2) is 0 Å². The van der Waals surface area contributed by atoms with Crippen LogP contribution in [0, 0.1) is 21.4 Å². The highest BCUT2D eigenvalue weighted by atomic mass is 16.6. The first-order chi connectivity index (χ1) is 13.9. The number of aromatic hydroxyl groups is 1. The lowest BCUT2D eigenvalue weighted by Crippen LogP contribution is -2.49. The number of nitrogens with one attached hydrogen (secondary N) is 3. The van der Waals surface area contributed by atoms with Crippen molar-refractivity contribution in [1.29, 1.82) is 5.26 Å². The Balaban J connectivity index is 2.05. The van der Waals surface area contributed by atoms with Gasteiger partial charge in [-0.15, -0.1) is 0 Å². The van der Waals surface area contributed by atoms with Crippen molar-refractivity contribution in [2.75, 3.05) is 11.9 Å². The van der Waals surface area contributed by atoms with Gasteiger partial charge in [0.1, 0.15) is 11.8 Å². The van der Waals surface area contributed by atoms with E-state index in [1.54, 1.807) is 12.1 Å². The summed E-state index contributed by atoms with van der Waals surface area (Å²) in [5, 5.41) is 36.3. The Bertz CT molecular complexity index is 906. The maximum absolute atomic E-state index is 12.4. The molecule has 2 aromatic rings. The summed E-state index contributed by atoms with van der Waals surface area (Å²) in [6.45, 7) is 0.146. The van der Waals surface area contributed by atoms with Crippen LogP contribution in [-0.2, 0) is 11.2 Å². The number of hydrogen-bond acceptors (Lipinski definition) is 6. The molecule has 0 saturated carbocycles. The molecule has 10 heteroatoms. The molecule has 0 aliphatic heterocycles.